The van der Waals surface area contributed by atoms with E-state index in [0.29, 0.717) is 12.3 Å². The van der Waals surface area contributed by atoms with Gasteiger partial charge < -0.3 is 4.90 Å². The minimum absolute atomic E-state index is 0.0980. The number of carbonyl (C=O) groups excluding carboxylic acids is 1. The van der Waals surface area contributed by atoms with E-state index in [0.717, 1.165) is 32.4 Å². The highest BCUT2D eigenvalue weighted by atomic mass is 32.2. The predicted molar refractivity (Wildman–Crippen MR) is 122 cm³/mol. The SMILES string of the molecule is Cc1ccc(SCC(=O)N(CCN(C)C)c2nc3c(C)cc(C)cc3s2)cc1. The second-order valence-corrected chi connectivity index (χ2v) is 9.43. The van der Waals surface area contributed by atoms with Gasteiger partial charge in [0.2, 0.25) is 5.91 Å². The molecule has 1 amide bonds. The molecule has 0 bridgehead atoms. The molecule has 3 aromatic rings. The summed E-state index contributed by atoms with van der Waals surface area (Å²) in [6.07, 6.45) is 0. The summed E-state index contributed by atoms with van der Waals surface area (Å²) in [6, 6.07) is 12.6. The zero-order valence-corrected chi connectivity index (χ0v) is 18.8. The molecule has 148 valence electrons. The fourth-order valence-corrected chi connectivity index (χ4v) is 4.92. The Hall–Kier alpha value is -1.89. The van der Waals surface area contributed by atoms with Crippen molar-refractivity contribution in [2.75, 3.05) is 37.8 Å². The molecule has 0 aliphatic heterocycles. The third-order valence-corrected chi connectivity index (χ3v) is 6.53. The fourth-order valence-electron chi connectivity index (χ4n) is 2.96. The lowest BCUT2D eigenvalue weighted by molar-refractivity contribution is -0.116. The number of aryl methyl sites for hydroxylation is 3. The molecular weight excluding hydrogens is 386 g/mol. The summed E-state index contributed by atoms with van der Waals surface area (Å²) in [5, 5.41) is 0.792. The number of anilines is 1. The highest BCUT2D eigenvalue weighted by molar-refractivity contribution is 8.00. The minimum atomic E-state index is 0.0980. The van der Waals surface area contributed by atoms with Crippen LogP contribution in [0.3, 0.4) is 0 Å². The van der Waals surface area contributed by atoms with Gasteiger partial charge in [-0.05, 0) is 64.2 Å². The van der Waals surface area contributed by atoms with E-state index in [1.807, 2.05) is 19.0 Å². The van der Waals surface area contributed by atoms with Crippen molar-refractivity contribution in [3.8, 4) is 0 Å². The van der Waals surface area contributed by atoms with E-state index in [1.54, 1.807) is 23.1 Å². The highest BCUT2D eigenvalue weighted by Gasteiger charge is 2.20. The molecular formula is C22H27N3OS2. The molecule has 28 heavy (non-hydrogen) atoms. The van der Waals surface area contributed by atoms with E-state index in [1.165, 1.54) is 11.1 Å². The van der Waals surface area contributed by atoms with Gasteiger partial charge in [0.05, 0.1) is 16.0 Å². The number of nitrogens with zero attached hydrogens (tertiary/aromatic N) is 3. The van der Waals surface area contributed by atoms with Gasteiger partial charge in [0.1, 0.15) is 0 Å². The predicted octanol–water partition coefficient (Wildman–Crippen LogP) is 4.91. The summed E-state index contributed by atoms with van der Waals surface area (Å²) < 4.78 is 1.14. The topological polar surface area (TPSA) is 36.4 Å². The Morgan fingerprint density at radius 3 is 2.43 bits per heavy atom. The van der Waals surface area contributed by atoms with E-state index in [4.69, 9.17) is 4.98 Å². The molecule has 0 radical (unpaired) electrons. The molecule has 0 atom stereocenters. The van der Waals surface area contributed by atoms with Crippen molar-refractivity contribution in [3.05, 3.63) is 53.1 Å². The number of rotatable bonds is 7. The maximum Gasteiger partial charge on any atom is 0.239 e. The first-order chi connectivity index (χ1) is 13.3. The smallest absolute Gasteiger partial charge is 0.239 e. The lowest BCUT2D eigenvalue weighted by Crippen LogP contribution is -2.37. The van der Waals surface area contributed by atoms with Crippen LogP contribution in [0.5, 0.6) is 0 Å². The van der Waals surface area contributed by atoms with Crippen molar-refractivity contribution >= 4 is 44.4 Å². The number of likely N-dealkylation sites (N-methyl/N-ethyl adjacent to an activating group) is 1. The van der Waals surface area contributed by atoms with Crippen LogP contribution in [0.4, 0.5) is 5.13 Å². The Labute approximate surface area is 175 Å². The summed E-state index contributed by atoms with van der Waals surface area (Å²) >= 11 is 3.18. The summed E-state index contributed by atoms with van der Waals surface area (Å²) in [6.45, 7) is 7.68. The van der Waals surface area contributed by atoms with Gasteiger partial charge in [-0.3, -0.25) is 9.69 Å². The Morgan fingerprint density at radius 2 is 1.75 bits per heavy atom. The first-order valence-electron chi connectivity index (χ1n) is 9.36. The number of aromatic nitrogens is 1. The molecule has 0 saturated carbocycles. The third-order valence-electron chi connectivity index (χ3n) is 4.50. The van der Waals surface area contributed by atoms with Crippen LogP contribution in [-0.4, -0.2) is 48.7 Å². The van der Waals surface area contributed by atoms with E-state index in [2.05, 4.69) is 62.1 Å². The molecule has 0 fully saturated rings. The largest absolute Gasteiger partial charge is 0.308 e. The Balaban J connectivity index is 1.82. The van der Waals surface area contributed by atoms with Gasteiger partial charge >= 0.3 is 0 Å². The van der Waals surface area contributed by atoms with E-state index in [9.17, 15) is 4.79 Å². The van der Waals surface area contributed by atoms with Gasteiger partial charge in [0.25, 0.3) is 0 Å². The first-order valence-corrected chi connectivity index (χ1v) is 11.2. The van der Waals surface area contributed by atoms with Crippen molar-refractivity contribution in [1.29, 1.82) is 0 Å². The van der Waals surface area contributed by atoms with Crippen LogP contribution < -0.4 is 4.90 Å². The van der Waals surface area contributed by atoms with Crippen LogP contribution in [0.2, 0.25) is 0 Å². The van der Waals surface area contributed by atoms with Crippen LogP contribution in [0.15, 0.2) is 41.3 Å². The summed E-state index contributed by atoms with van der Waals surface area (Å²) in [5.41, 5.74) is 4.61. The number of fused-ring (bicyclic) bond motifs is 1. The zero-order chi connectivity index (χ0) is 20.3. The molecule has 2 aromatic carbocycles. The molecule has 1 aromatic heterocycles. The van der Waals surface area contributed by atoms with Gasteiger partial charge in [0, 0.05) is 18.0 Å². The fraction of sp³-hybridized carbons (Fsp3) is 0.364. The second-order valence-electron chi connectivity index (χ2n) is 7.38. The number of hydrogen-bond acceptors (Lipinski definition) is 5. The van der Waals surface area contributed by atoms with Crippen LogP contribution in [0.25, 0.3) is 10.2 Å². The maximum absolute atomic E-state index is 13.1. The maximum atomic E-state index is 13.1. The van der Waals surface area contributed by atoms with Crippen LogP contribution in [-0.2, 0) is 4.79 Å². The molecule has 3 rings (SSSR count). The molecule has 0 N–H and O–H groups in total. The summed E-state index contributed by atoms with van der Waals surface area (Å²) in [4.78, 5) is 22.9. The van der Waals surface area contributed by atoms with Gasteiger partial charge in [-0.1, -0.05) is 35.1 Å². The molecule has 6 heteroatoms. The monoisotopic (exact) mass is 413 g/mol. The third kappa shape index (κ3) is 5.13. The number of thiazole rings is 1. The van der Waals surface area contributed by atoms with E-state index < -0.39 is 0 Å². The molecule has 0 spiro atoms. The number of hydrogen-bond donors (Lipinski definition) is 0. The Kier molecular flexibility index (Phi) is 6.75. The number of amides is 1. The van der Waals surface area contributed by atoms with Crippen molar-refractivity contribution in [3.63, 3.8) is 0 Å². The first kappa shape index (κ1) is 20.8. The quantitative estimate of drug-likeness (QED) is 0.516. The van der Waals surface area contributed by atoms with E-state index >= 15 is 0 Å². The average Bonchev–Trinajstić information content (AvgIpc) is 3.05. The average molecular weight is 414 g/mol. The Morgan fingerprint density at radius 1 is 1.04 bits per heavy atom. The molecule has 1 heterocycles. The van der Waals surface area contributed by atoms with Crippen LogP contribution in [0, 0.1) is 20.8 Å². The molecule has 0 aliphatic carbocycles. The summed E-state index contributed by atoms with van der Waals surface area (Å²) in [7, 11) is 4.05. The highest BCUT2D eigenvalue weighted by Crippen LogP contribution is 2.32. The lowest BCUT2D eigenvalue weighted by Gasteiger charge is -2.21. The van der Waals surface area contributed by atoms with Crippen molar-refractivity contribution in [1.82, 2.24) is 9.88 Å². The standard InChI is InChI=1S/C22H27N3OS2/c1-15-6-8-18(9-7-15)27-14-20(26)25(11-10-24(4)5)22-23-21-17(3)12-16(2)13-19(21)28-22/h6-9,12-13H,10-11,14H2,1-5H3. The van der Waals surface area contributed by atoms with Gasteiger partial charge in [0.15, 0.2) is 5.13 Å². The van der Waals surface area contributed by atoms with Crippen LogP contribution in [0.1, 0.15) is 16.7 Å². The Bertz CT molecular complexity index is 964. The molecule has 4 nitrogen and oxygen atoms in total. The van der Waals surface area contributed by atoms with Crippen molar-refractivity contribution in [2.24, 2.45) is 0 Å². The summed E-state index contributed by atoms with van der Waals surface area (Å²) in [5.74, 6) is 0.505. The van der Waals surface area contributed by atoms with Crippen LogP contribution >= 0.6 is 23.1 Å². The second kappa shape index (κ2) is 9.07. The van der Waals surface area contributed by atoms with E-state index in [-0.39, 0.29) is 5.91 Å². The van der Waals surface area contributed by atoms with Crippen molar-refractivity contribution < 1.29 is 4.79 Å². The van der Waals surface area contributed by atoms with Crippen molar-refractivity contribution in [2.45, 2.75) is 25.7 Å². The number of thioether (sulfide) groups is 1. The minimum Gasteiger partial charge on any atom is -0.308 e. The zero-order valence-electron chi connectivity index (χ0n) is 17.2. The molecule has 0 unspecified atom stereocenters. The molecule has 0 aliphatic rings. The molecule has 0 saturated heterocycles. The number of carbonyl (C=O) groups is 1. The number of benzene rings is 2. The van der Waals surface area contributed by atoms with Gasteiger partial charge in [-0.15, -0.1) is 11.8 Å². The lowest BCUT2D eigenvalue weighted by atomic mass is 10.1. The normalized spacial score (nSPS) is 11.4. The van der Waals surface area contributed by atoms with Gasteiger partial charge in [-0.2, -0.15) is 0 Å². The van der Waals surface area contributed by atoms with Gasteiger partial charge in [-0.25, -0.2) is 4.98 Å².